The van der Waals surface area contributed by atoms with Gasteiger partial charge in [-0.25, -0.2) is 0 Å². The first-order valence-electron chi connectivity index (χ1n) is 6.31. The SMILES string of the molecule is CC(C)n1cc(Br)cc1C(=O)Nc1ccn(CC(=O)O)n1. The molecule has 2 N–H and O–H groups in total. The number of hydrogen-bond donors (Lipinski definition) is 2. The van der Waals surface area contributed by atoms with Crippen molar-refractivity contribution in [3.05, 3.63) is 34.7 Å². The molecule has 7 nitrogen and oxygen atoms in total. The maximum Gasteiger partial charge on any atom is 0.325 e. The molecular formula is C13H15BrN4O3. The number of hydrogen-bond acceptors (Lipinski definition) is 3. The molecule has 0 saturated heterocycles. The van der Waals surface area contributed by atoms with Gasteiger partial charge in [0.15, 0.2) is 5.82 Å². The highest BCUT2D eigenvalue weighted by Crippen LogP contribution is 2.20. The zero-order valence-corrected chi connectivity index (χ0v) is 13.2. The number of aromatic nitrogens is 3. The van der Waals surface area contributed by atoms with Crippen molar-refractivity contribution in [1.82, 2.24) is 14.3 Å². The van der Waals surface area contributed by atoms with Gasteiger partial charge in [0.2, 0.25) is 0 Å². The van der Waals surface area contributed by atoms with Crippen molar-refractivity contribution in [1.29, 1.82) is 0 Å². The van der Waals surface area contributed by atoms with Crippen LogP contribution in [0.4, 0.5) is 5.82 Å². The molecule has 0 radical (unpaired) electrons. The minimum absolute atomic E-state index is 0.140. The van der Waals surface area contributed by atoms with Gasteiger partial charge < -0.3 is 15.0 Å². The standard InChI is InChI=1S/C13H15BrN4O3/c1-8(2)18-6-9(14)5-10(18)13(21)15-11-3-4-17(16-11)7-12(19)20/h3-6,8H,7H2,1-2H3,(H,19,20)(H,15,16,21). The van der Waals surface area contributed by atoms with Crippen LogP contribution in [0.5, 0.6) is 0 Å². The molecule has 112 valence electrons. The Morgan fingerprint density at radius 2 is 2.19 bits per heavy atom. The number of aliphatic carboxylic acids is 1. The summed E-state index contributed by atoms with van der Waals surface area (Å²) in [5.74, 6) is -0.975. The van der Waals surface area contributed by atoms with Crippen molar-refractivity contribution in [2.75, 3.05) is 5.32 Å². The smallest absolute Gasteiger partial charge is 0.325 e. The average Bonchev–Trinajstić information content (AvgIpc) is 2.95. The summed E-state index contributed by atoms with van der Waals surface area (Å²) in [6, 6.07) is 3.42. The van der Waals surface area contributed by atoms with E-state index in [-0.39, 0.29) is 18.5 Å². The van der Waals surface area contributed by atoms with Gasteiger partial charge in [-0.2, -0.15) is 5.10 Å². The third kappa shape index (κ3) is 3.72. The summed E-state index contributed by atoms with van der Waals surface area (Å²) in [6.07, 6.45) is 3.34. The van der Waals surface area contributed by atoms with Crippen LogP contribution in [0.15, 0.2) is 29.0 Å². The molecule has 1 amide bonds. The molecule has 0 saturated carbocycles. The first kappa shape index (κ1) is 15.3. The Morgan fingerprint density at radius 1 is 1.48 bits per heavy atom. The summed E-state index contributed by atoms with van der Waals surface area (Å²) in [5, 5.41) is 15.3. The lowest BCUT2D eigenvalue weighted by atomic mass is 10.3. The van der Waals surface area contributed by atoms with Gasteiger partial charge in [0.05, 0.1) is 0 Å². The second-order valence-electron chi connectivity index (χ2n) is 4.79. The molecule has 0 fully saturated rings. The summed E-state index contributed by atoms with van der Waals surface area (Å²) >= 11 is 3.35. The monoisotopic (exact) mass is 354 g/mol. The van der Waals surface area contributed by atoms with Crippen LogP contribution < -0.4 is 5.32 Å². The van der Waals surface area contributed by atoms with Crippen molar-refractivity contribution in [3.63, 3.8) is 0 Å². The minimum atomic E-state index is -0.992. The maximum absolute atomic E-state index is 12.3. The molecular weight excluding hydrogens is 340 g/mol. The van der Waals surface area contributed by atoms with Crippen LogP contribution >= 0.6 is 15.9 Å². The van der Waals surface area contributed by atoms with E-state index in [1.807, 2.05) is 24.6 Å². The predicted molar refractivity (Wildman–Crippen MR) is 80.3 cm³/mol. The Bertz CT molecular complexity index is 675. The van der Waals surface area contributed by atoms with E-state index < -0.39 is 5.97 Å². The number of halogens is 1. The van der Waals surface area contributed by atoms with Crippen LogP contribution in [0.25, 0.3) is 0 Å². The van der Waals surface area contributed by atoms with Crippen molar-refractivity contribution in [3.8, 4) is 0 Å². The third-order valence-corrected chi connectivity index (χ3v) is 3.22. The van der Waals surface area contributed by atoms with E-state index in [1.54, 1.807) is 12.1 Å². The molecule has 0 aliphatic heterocycles. The maximum atomic E-state index is 12.3. The second kappa shape index (κ2) is 6.13. The van der Waals surface area contributed by atoms with Gasteiger partial charge in [0.25, 0.3) is 5.91 Å². The Hall–Kier alpha value is -2.09. The fourth-order valence-electron chi connectivity index (χ4n) is 1.89. The number of carboxylic acids is 1. The largest absolute Gasteiger partial charge is 0.480 e. The quantitative estimate of drug-likeness (QED) is 0.862. The molecule has 8 heteroatoms. The van der Waals surface area contributed by atoms with Gasteiger partial charge >= 0.3 is 5.97 Å². The predicted octanol–water partition coefficient (Wildman–Crippen LogP) is 2.36. The van der Waals surface area contributed by atoms with E-state index in [1.165, 1.54) is 10.9 Å². The van der Waals surface area contributed by atoms with E-state index in [0.29, 0.717) is 11.5 Å². The number of rotatable bonds is 5. The average molecular weight is 355 g/mol. The number of carboxylic acid groups (broad SMARTS) is 1. The normalized spacial score (nSPS) is 10.9. The van der Waals surface area contributed by atoms with Crippen LogP contribution in [0.3, 0.4) is 0 Å². The van der Waals surface area contributed by atoms with Gasteiger partial charge in [0, 0.05) is 29.0 Å². The molecule has 0 aromatic carbocycles. The molecule has 0 aliphatic rings. The second-order valence-corrected chi connectivity index (χ2v) is 5.71. The van der Waals surface area contributed by atoms with Crippen molar-refractivity contribution in [2.45, 2.75) is 26.4 Å². The third-order valence-electron chi connectivity index (χ3n) is 2.78. The molecule has 2 aromatic rings. The Morgan fingerprint density at radius 3 is 2.81 bits per heavy atom. The molecule has 0 aliphatic carbocycles. The lowest BCUT2D eigenvalue weighted by Gasteiger charge is -2.11. The van der Waals surface area contributed by atoms with Gasteiger partial charge in [-0.3, -0.25) is 14.3 Å². The minimum Gasteiger partial charge on any atom is -0.480 e. The van der Waals surface area contributed by atoms with Crippen LogP contribution in [0, 0.1) is 0 Å². The number of carbonyl (C=O) groups excluding carboxylic acids is 1. The number of nitrogens with one attached hydrogen (secondary N) is 1. The summed E-state index contributed by atoms with van der Waals surface area (Å²) in [7, 11) is 0. The molecule has 2 rings (SSSR count). The highest BCUT2D eigenvalue weighted by molar-refractivity contribution is 9.10. The molecule has 2 aromatic heterocycles. The highest BCUT2D eigenvalue weighted by Gasteiger charge is 2.16. The number of nitrogens with zero attached hydrogens (tertiary/aromatic N) is 3. The zero-order valence-electron chi connectivity index (χ0n) is 11.6. The van der Waals surface area contributed by atoms with Crippen LogP contribution in [-0.2, 0) is 11.3 Å². The molecule has 0 unspecified atom stereocenters. The van der Waals surface area contributed by atoms with Gasteiger partial charge in [-0.05, 0) is 35.8 Å². The van der Waals surface area contributed by atoms with E-state index >= 15 is 0 Å². The lowest BCUT2D eigenvalue weighted by molar-refractivity contribution is -0.137. The van der Waals surface area contributed by atoms with Crippen molar-refractivity contribution >= 4 is 33.6 Å². The van der Waals surface area contributed by atoms with E-state index in [0.717, 1.165) is 4.47 Å². The summed E-state index contributed by atoms with van der Waals surface area (Å²) in [4.78, 5) is 22.9. The Balaban J connectivity index is 2.14. The van der Waals surface area contributed by atoms with Crippen LogP contribution in [0.2, 0.25) is 0 Å². The van der Waals surface area contributed by atoms with Gasteiger partial charge in [-0.15, -0.1) is 0 Å². The molecule has 0 spiro atoms. The Labute approximate surface area is 129 Å². The summed E-state index contributed by atoms with van der Waals surface area (Å²) < 4.78 is 3.90. The zero-order chi connectivity index (χ0) is 15.6. The number of anilines is 1. The van der Waals surface area contributed by atoms with E-state index in [2.05, 4.69) is 26.3 Å². The van der Waals surface area contributed by atoms with Gasteiger partial charge in [-0.1, -0.05) is 0 Å². The molecule has 2 heterocycles. The van der Waals surface area contributed by atoms with Gasteiger partial charge in [0.1, 0.15) is 12.2 Å². The first-order valence-corrected chi connectivity index (χ1v) is 7.10. The highest BCUT2D eigenvalue weighted by atomic mass is 79.9. The summed E-state index contributed by atoms with van der Waals surface area (Å²) in [5.41, 5.74) is 0.504. The molecule has 21 heavy (non-hydrogen) atoms. The van der Waals surface area contributed by atoms with E-state index in [4.69, 9.17) is 5.11 Å². The fourth-order valence-corrected chi connectivity index (χ4v) is 2.33. The fraction of sp³-hybridized carbons (Fsp3) is 0.308. The summed E-state index contributed by atoms with van der Waals surface area (Å²) in [6.45, 7) is 3.71. The molecule has 0 atom stereocenters. The van der Waals surface area contributed by atoms with Crippen LogP contribution in [-0.4, -0.2) is 31.3 Å². The van der Waals surface area contributed by atoms with Crippen molar-refractivity contribution < 1.29 is 14.7 Å². The number of amides is 1. The topological polar surface area (TPSA) is 89.2 Å². The van der Waals surface area contributed by atoms with Crippen LogP contribution in [0.1, 0.15) is 30.4 Å². The van der Waals surface area contributed by atoms with Crippen molar-refractivity contribution in [2.24, 2.45) is 0 Å². The molecule has 0 bridgehead atoms. The first-order chi connectivity index (χ1) is 9.86. The number of carbonyl (C=O) groups is 2. The van der Waals surface area contributed by atoms with E-state index in [9.17, 15) is 9.59 Å². The Kier molecular flexibility index (Phi) is 4.46. The lowest BCUT2D eigenvalue weighted by Crippen LogP contribution is -2.18.